The number of phenolic OH excluding ortho intramolecular Hbond substituents is 1. The predicted octanol–water partition coefficient (Wildman–Crippen LogP) is 3.95. The molecule has 0 aromatic heterocycles. The summed E-state index contributed by atoms with van der Waals surface area (Å²) in [5.74, 6) is 0.801. The van der Waals surface area contributed by atoms with Crippen LogP contribution in [0.25, 0.3) is 0 Å². The summed E-state index contributed by atoms with van der Waals surface area (Å²) in [7, 11) is -2.60. The number of benzene rings is 3. The van der Waals surface area contributed by atoms with Gasteiger partial charge in [0.2, 0.25) is 0 Å². The minimum absolute atomic E-state index is 0.00606. The average molecular weight is 487 g/mol. The highest BCUT2D eigenvalue weighted by Crippen LogP contribution is 2.29. The van der Waals surface area contributed by atoms with E-state index in [1.807, 2.05) is 0 Å². The van der Waals surface area contributed by atoms with Crippen molar-refractivity contribution in [1.29, 1.82) is 0 Å². The van der Waals surface area contributed by atoms with Gasteiger partial charge in [-0.05, 0) is 67.1 Å². The average Bonchev–Trinajstić information content (AvgIpc) is 2.81. The van der Waals surface area contributed by atoms with E-state index in [9.17, 15) is 23.6 Å². The van der Waals surface area contributed by atoms with Gasteiger partial charge in [0.1, 0.15) is 11.4 Å². The number of hydrazone groups is 1. The Morgan fingerprint density at radius 2 is 1.85 bits per heavy atom. The summed E-state index contributed by atoms with van der Waals surface area (Å²) < 4.78 is 38.1. The molecule has 0 saturated heterocycles. The quantitative estimate of drug-likeness (QED) is 0.221. The zero-order valence-corrected chi connectivity index (χ0v) is 19.1. The van der Waals surface area contributed by atoms with E-state index in [0.29, 0.717) is 17.9 Å². The Morgan fingerprint density at radius 3 is 2.50 bits per heavy atom. The Hall–Kier alpha value is -4.32. The van der Waals surface area contributed by atoms with Crippen LogP contribution in [0.15, 0.2) is 70.7 Å². The molecule has 0 spiro atoms. The van der Waals surface area contributed by atoms with Crippen LogP contribution >= 0.6 is 0 Å². The Labute approximate surface area is 195 Å². The lowest BCUT2D eigenvalue weighted by atomic mass is 10.2. The number of nitrogens with one attached hydrogen (secondary N) is 2. The maximum absolute atomic E-state index is 12.7. The normalized spacial score (nSPS) is 11.2. The van der Waals surface area contributed by atoms with E-state index in [0.717, 1.165) is 6.07 Å². The molecule has 0 atom stereocenters. The summed E-state index contributed by atoms with van der Waals surface area (Å²) in [6.07, 6.45) is 1.38. The highest BCUT2D eigenvalue weighted by atomic mass is 32.2. The summed E-state index contributed by atoms with van der Waals surface area (Å²) in [6.45, 7) is 2.14. The third kappa shape index (κ3) is 5.92. The van der Waals surface area contributed by atoms with E-state index in [-0.39, 0.29) is 27.8 Å². The van der Waals surface area contributed by atoms with Crippen LogP contribution in [0.3, 0.4) is 0 Å². The van der Waals surface area contributed by atoms with Crippen molar-refractivity contribution in [3.63, 3.8) is 0 Å². The van der Waals surface area contributed by atoms with Crippen molar-refractivity contribution in [3.8, 4) is 17.2 Å². The molecule has 0 aliphatic rings. The van der Waals surface area contributed by atoms with Crippen molar-refractivity contribution in [2.45, 2.75) is 11.8 Å². The molecular formula is C22H22N4O7S. The first-order chi connectivity index (χ1) is 16.2. The number of nitrogens with zero attached hydrogens (tertiary/aromatic N) is 2. The van der Waals surface area contributed by atoms with Gasteiger partial charge in [0.15, 0.2) is 11.5 Å². The number of phenols is 1. The lowest BCUT2D eigenvalue weighted by molar-refractivity contribution is -0.384. The molecular weight excluding hydrogens is 464 g/mol. The molecule has 0 heterocycles. The number of hydrogen-bond acceptors (Lipinski definition) is 9. The highest BCUT2D eigenvalue weighted by molar-refractivity contribution is 7.92. The van der Waals surface area contributed by atoms with Crippen molar-refractivity contribution < 1.29 is 27.9 Å². The Bertz CT molecular complexity index is 1310. The van der Waals surface area contributed by atoms with Crippen LogP contribution in [0.2, 0.25) is 0 Å². The van der Waals surface area contributed by atoms with Crippen LogP contribution in [0, 0.1) is 10.1 Å². The number of ether oxygens (including phenoxy) is 2. The maximum atomic E-state index is 12.7. The van der Waals surface area contributed by atoms with E-state index in [1.165, 1.54) is 43.7 Å². The van der Waals surface area contributed by atoms with Gasteiger partial charge >= 0.3 is 0 Å². The molecule has 178 valence electrons. The summed E-state index contributed by atoms with van der Waals surface area (Å²) in [4.78, 5) is 10.6. The Balaban J connectivity index is 1.80. The SMILES string of the molecule is CCOc1cc(C=NNc2ccc(S(=O)(=O)Nc3ccc(OC)cc3)cc2[N+](=O)[O-])ccc1O. The highest BCUT2D eigenvalue weighted by Gasteiger charge is 2.21. The molecule has 0 bridgehead atoms. The molecule has 0 aliphatic heterocycles. The lowest BCUT2D eigenvalue weighted by Crippen LogP contribution is -2.13. The maximum Gasteiger partial charge on any atom is 0.295 e. The van der Waals surface area contributed by atoms with E-state index in [1.54, 1.807) is 31.2 Å². The molecule has 3 aromatic carbocycles. The van der Waals surface area contributed by atoms with E-state index >= 15 is 0 Å². The molecule has 11 nitrogen and oxygen atoms in total. The van der Waals surface area contributed by atoms with Gasteiger partial charge in [-0.15, -0.1) is 0 Å². The van der Waals surface area contributed by atoms with Gasteiger partial charge in [-0.25, -0.2) is 8.42 Å². The number of hydrogen-bond donors (Lipinski definition) is 3. The van der Waals surface area contributed by atoms with Crippen LogP contribution in [-0.4, -0.2) is 38.4 Å². The Kier molecular flexibility index (Phi) is 7.53. The van der Waals surface area contributed by atoms with Gasteiger partial charge in [0.05, 0.1) is 29.8 Å². The predicted molar refractivity (Wildman–Crippen MR) is 127 cm³/mol. The topological polar surface area (TPSA) is 152 Å². The summed E-state index contributed by atoms with van der Waals surface area (Å²) >= 11 is 0. The molecule has 0 amide bonds. The smallest absolute Gasteiger partial charge is 0.295 e. The van der Waals surface area contributed by atoms with Gasteiger partial charge in [-0.2, -0.15) is 5.10 Å². The van der Waals surface area contributed by atoms with Crippen LogP contribution in [0.1, 0.15) is 12.5 Å². The monoisotopic (exact) mass is 486 g/mol. The van der Waals surface area contributed by atoms with E-state index < -0.39 is 20.6 Å². The second kappa shape index (κ2) is 10.5. The molecule has 3 N–H and O–H groups in total. The fourth-order valence-electron chi connectivity index (χ4n) is 2.86. The molecule has 0 saturated carbocycles. The molecule has 3 aromatic rings. The number of methoxy groups -OCH3 is 1. The standard InChI is InChI=1S/C22H22N4O7S/c1-3-33-22-12-15(4-11-21(22)27)14-23-24-19-10-9-18(13-20(19)26(28)29)34(30,31)25-16-5-7-17(32-2)8-6-16/h4-14,24-25,27H,3H2,1-2H3. The second-order valence-electron chi connectivity index (χ2n) is 6.80. The van der Waals surface area contributed by atoms with E-state index in [2.05, 4.69) is 15.2 Å². The Morgan fingerprint density at radius 1 is 1.12 bits per heavy atom. The number of rotatable bonds is 10. The first-order valence-electron chi connectivity index (χ1n) is 9.93. The zero-order valence-electron chi connectivity index (χ0n) is 18.3. The van der Waals surface area contributed by atoms with Crippen molar-refractivity contribution in [2.75, 3.05) is 23.9 Å². The minimum atomic E-state index is -4.08. The number of nitro groups is 1. The van der Waals surface area contributed by atoms with Crippen LogP contribution < -0.4 is 19.6 Å². The molecule has 12 heteroatoms. The fraction of sp³-hybridized carbons (Fsp3) is 0.136. The minimum Gasteiger partial charge on any atom is -0.504 e. The summed E-state index contributed by atoms with van der Waals surface area (Å²) in [5.41, 5.74) is 2.91. The van der Waals surface area contributed by atoms with Gasteiger partial charge < -0.3 is 14.6 Å². The van der Waals surface area contributed by atoms with E-state index in [4.69, 9.17) is 9.47 Å². The van der Waals surface area contributed by atoms with Crippen LogP contribution in [0.4, 0.5) is 17.1 Å². The van der Waals surface area contributed by atoms with Crippen molar-refractivity contribution >= 4 is 33.3 Å². The number of anilines is 2. The van der Waals surface area contributed by atoms with Crippen LogP contribution in [-0.2, 0) is 10.0 Å². The van der Waals surface area contributed by atoms with Crippen molar-refractivity contribution in [1.82, 2.24) is 0 Å². The molecule has 0 radical (unpaired) electrons. The van der Waals surface area contributed by atoms with Crippen LogP contribution in [0.5, 0.6) is 17.2 Å². The molecule has 3 rings (SSSR count). The first kappa shape index (κ1) is 24.3. The molecule has 0 unspecified atom stereocenters. The third-order valence-electron chi connectivity index (χ3n) is 4.50. The second-order valence-corrected chi connectivity index (χ2v) is 8.48. The fourth-order valence-corrected chi connectivity index (χ4v) is 3.93. The summed E-state index contributed by atoms with van der Waals surface area (Å²) in [5, 5.41) is 25.3. The van der Waals surface area contributed by atoms with Gasteiger partial charge in [-0.3, -0.25) is 20.3 Å². The first-order valence-corrected chi connectivity index (χ1v) is 11.4. The third-order valence-corrected chi connectivity index (χ3v) is 5.88. The van der Waals surface area contributed by atoms with Crippen molar-refractivity contribution in [3.05, 3.63) is 76.3 Å². The zero-order chi connectivity index (χ0) is 24.7. The largest absolute Gasteiger partial charge is 0.504 e. The number of nitro benzene ring substituents is 1. The van der Waals surface area contributed by atoms with Crippen molar-refractivity contribution in [2.24, 2.45) is 5.10 Å². The van der Waals surface area contributed by atoms with Gasteiger partial charge in [-0.1, -0.05) is 0 Å². The number of aromatic hydroxyl groups is 1. The number of sulfonamides is 1. The lowest BCUT2D eigenvalue weighted by Gasteiger charge is -2.10. The summed E-state index contributed by atoms with van der Waals surface area (Å²) in [6, 6.07) is 14.2. The van der Waals surface area contributed by atoms with Gasteiger partial charge in [0.25, 0.3) is 15.7 Å². The molecule has 34 heavy (non-hydrogen) atoms. The molecule has 0 aliphatic carbocycles. The molecule has 0 fully saturated rings. The van der Waals surface area contributed by atoms with Gasteiger partial charge in [0, 0.05) is 11.8 Å².